The van der Waals surface area contributed by atoms with Crippen molar-refractivity contribution in [3.63, 3.8) is 0 Å². The zero-order chi connectivity index (χ0) is 6.57. The molecule has 48 valence electrons. The minimum Gasteiger partial charge on any atom is -1.00 e. The van der Waals surface area contributed by atoms with Gasteiger partial charge in [0.25, 0.3) is 0 Å². The van der Waals surface area contributed by atoms with Crippen LogP contribution in [0.2, 0.25) is 0 Å². The average molecular weight is 140 g/mol. The second kappa shape index (κ2) is 6.07. The fourth-order valence-corrected chi connectivity index (χ4v) is 0.145. The van der Waals surface area contributed by atoms with E-state index >= 15 is 0 Å². The van der Waals surface area contributed by atoms with Crippen LogP contribution in [0.1, 0.15) is 15.3 Å². The van der Waals surface area contributed by atoms with Crippen molar-refractivity contribution in [1.82, 2.24) is 0 Å². The summed E-state index contributed by atoms with van der Waals surface area (Å²) >= 11 is 0. The Hall–Kier alpha value is -0.0600. The first-order valence-electron chi connectivity index (χ1n) is 2.10. The maximum atomic E-state index is 8.03. The van der Waals surface area contributed by atoms with Gasteiger partial charge in [-0.05, 0) is 13.8 Å². The van der Waals surface area contributed by atoms with Crippen LogP contribution in [0.5, 0.6) is 0 Å². The largest absolute Gasteiger partial charge is 1.00 e. The first-order chi connectivity index (χ1) is 3.72. The predicted octanol–water partition coefficient (Wildman–Crippen LogP) is -2.20. The Morgan fingerprint density at radius 3 is 1.44 bits per heavy atom. The van der Waals surface area contributed by atoms with Crippen molar-refractivity contribution < 1.29 is 41.4 Å². The SMILES string of the molecule is CC(=N\O)/C(C)=N/O.[H-].[Na+]. The summed E-state index contributed by atoms with van der Waals surface area (Å²) in [5.41, 5.74) is 0.625. The molecular weight excluding hydrogens is 131 g/mol. The fraction of sp³-hybridized carbons (Fsp3) is 0.500. The molecule has 0 rings (SSSR count). The zero-order valence-corrected chi connectivity index (χ0v) is 7.79. The van der Waals surface area contributed by atoms with E-state index < -0.39 is 0 Å². The summed E-state index contributed by atoms with van der Waals surface area (Å²) in [4.78, 5) is 0. The molecule has 0 aliphatic heterocycles. The van der Waals surface area contributed by atoms with E-state index in [9.17, 15) is 0 Å². The molecule has 0 saturated carbocycles. The van der Waals surface area contributed by atoms with Gasteiger partial charge in [0.05, 0.1) is 0 Å². The van der Waals surface area contributed by atoms with Crippen LogP contribution in [-0.2, 0) is 0 Å². The molecule has 0 atom stereocenters. The molecule has 0 fully saturated rings. The second-order valence-corrected chi connectivity index (χ2v) is 1.37. The topological polar surface area (TPSA) is 65.2 Å². The van der Waals surface area contributed by atoms with E-state index in [-0.39, 0.29) is 31.0 Å². The van der Waals surface area contributed by atoms with Crippen LogP contribution in [0.15, 0.2) is 10.3 Å². The third kappa shape index (κ3) is 4.44. The Bertz CT molecular complexity index is 121. The van der Waals surface area contributed by atoms with E-state index in [1.54, 1.807) is 0 Å². The Labute approximate surface area is 77.0 Å². The van der Waals surface area contributed by atoms with Crippen LogP contribution in [-0.4, -0.2) is 21.8 Å². The molecule has 0 unspecified atom stereocenters. The van der Waals surface area contributed by atoms with Crippen molar-refractivity contribution in [1.29, 1.82) is 0 Å². The maximum Gasteiger partial charge on any atom is 1.00 e. The Morgan fingerprint density at radius 2 is 1.33 bits per heavy atom. The standard InChI is InChI=1S/C4H8N2O2.Na.H/c1-3(5-7)4(2)6-8;;/h7-8H,1-2H3;;/q;+1;-1/b5-3+,6-4+;;. The molecule has 2 N–H and O–H groups in total. The molecule has 0 aliphatic rings. The number of hydrogen-bond acceptors (Lipinski definition) is 4. The molecule has 0 saturated heterocycles. The molecule has 0 spiro atoms. The summed E-state index contributed by atoms with van der Waals surface area (Å²) in [6.07, 6.45) is 0. The van der Waals surface area contributed by atoms with Gasteiger partial charge in [0.1, 0.15) is 11.4 Å². The van der Waals surface area contributed by atoms with Gasteiger partial charge in [-0.1, -0.05) is 10.3 Å². The minimum atomic E-state index is 0. The fourth-order valence-electron chi connectivity index (χ4n) is 0.145. The molecule has 0 aliphatic carbocycles. The number of nitrogens with zero attached hydrogens (tertiary/aromatic N) is 2. The van der Waals surface area contributed by atoms with Crippen LogP contribution in [0.4, 0.5) is 0 Å². The number of rotatable bonds is 1. The van der Waals surface area contributed by atoms with Gasteiger partial charge >= 0.3 is 29.6 Å². The average Bonchev–Trinajstić information content (AvgIpc) is 1.84. The van der Waals surface area contributed by atoms with Crippen LogP contribution in [0, 0.1) is 0 Å². The van der Waals surface area contributed by atoms with Gasteiger partial charge in [0, 0.05) is 0 Å². The van der Waals surface area contributed by atoms with Crippen molar-refractivity contribution in [3.8, 4) is 0 Å². The van der Waals surface area contributed by atoms with E-state index in [0.717, 1.165) is 0 Å². The van der Waals surface area contributed by atoms with Gasteiger partial charge in [-0.15, -0.1) is 0 Å². The minimum absolute atomic E-state index is 0. The van der Waals surface area contributed by atoms with Crippen LogP contribution in [0.25, 0.3) is 0 Å². The summed E-state index contributed by atoms with van der Waals surface area (Å²) in [5, 5.41) is 21.6. The van der Waals surface area contributed by atoms with Crippen molar-refractivity contribution in [2.75, 3.05) is 0 Å². The van der Waals surface area contributed by atoms with Crippen molar-refractivity contribution in [3.05, 3.63) is 0 Å². The first kappa shape index (κ1) is 11.7. The molecule has 9 heavy (non-hydrogen) atoms. The molecular formula is C4H9N2NaO2. The number of oxime groups is 2. The van der Waals surface area contributed by atoms with E-state index in [0.29, 0.717) is 11.4 Å². The molecule has 0 aromatic carbocycles. The smallest absolute Gasteiger partial charge is 1.00 e. The van der Waals surface area contributed by atoms with Gasteiger partial charge in [0.15, 0.2) is 0 Å². The predicted molar refractivity (Wildman–Crippen MR) is 30.9 cm³/mol. The van der Waals surface area contributed by atoms with Crippen LogP contribution >= 0.6 is 0 Å². The summed E-state index contributed by atoms with van der Waals surface area (Å²) in [6.45, 7) is 3.07. The summed E-state index contributed by atoms with van der Waals surface area (Å²) in [5.74, 6) is 0. The third-order valence-corrected chi connectivity index (χ3v) is 0.824. The van der Waals surface area contributed by atoms with E-state index in [4.69, 9.17) is 10.4 Å². The maximum absolute atomic E-state index is 8.03. The van der Waals surface area contributed by atoms with E-state index in [1.165, 1.54) is 13.8 Å². The molecule has 0 heterocycles. The Kier molecular flexibility index (Phi) is 7.89. The van der Waals surface area contributed by atoms with Gasteiger partial charge in [0.2, 0.25) is 0 Å². The van der Waals surface area contributed by atoms with E-state index in [2.05, 4.69) is 10.3 Å². The molecule has 0 bridgehead atoms. The normalized spacial score (nSPS) is 12.7. The Morgan fingerprint density at radius 1 is 1.11 bits per heavy atom. The second-order valence-electron chi connectivity index (χ2n) is 1.37. The summed E-state index contributed by atoms with van der Waals surface area (Å²) in [7, 11) is 0. The monoisotopic (exact) mass is 140 g/mol. The molecule has 0 amide bonds. The van der Waals surface area contributed by atoms with Crippen LogP contribution in [0.3, 0.4) is 0 Å². The molecule has 0 radical (unpaired) electrons. The van der Waals surface area contributed by atoms with Crippen molar-refractivity contribution in [2.24, 2.45) is 10.3 Å². The molecule has 0 aromatic rings. The number of hydrogen-bond donors (Lipinski definition) is 2. The third-order valence-electron chi connectivity index (χ3n) is 0.824. The van der Waals surface area contributed by atoms with E-state index in [1.807, 2.05) is 0 Å². The Balaban J connectivity index is -0.000000245. The van der Waals surface area contributed by atoms with Gasteiger partial charge in [-0.25, -0.2) is 0 Å². The molecule has 4 nitrogen and oxygen atoms in total. The molecule has 5 heteroatoms. The van der Waals surface area contributed by atoms with Crippen molar-refractivity contribution >= 4 is 11.4 Å². The van der Waals surface area contributed by atoms with Gasteiger partial charge in [-0.3, -0.25) is 0 Å². The molecule has 0 aromatic heterocycles. The first-order valence-corrected chi connectivity index (χ1v) is 2.10. The summed E-state index contributed by atoms with van der Waals surface area (Å²) < 4.78 is 0. The van der Waals surface area contributed by atoms with Crippen LogP contribution < -0.4 is 29.6 Å². The van der Waals surface area contributed by atoms with Gasteiger partial charge in [-0.2, -0.15) is 0 Å². The van der Waals surface area contributed by atoms with Gasteiger partial charge < -0.3 is 11.8 Å². The zero-order valence-electron chi connectivity index (χ0n) is 6.79. The van der Waals surface area contributed by atoms with Crippen molar-refractivity contribution in [2.45, 2.75) is 13.8 Å². The summed E-state index contributed by atoms with van der Waals surface area (Å²) in [6, 6.07) is 0. The quantitative estimate of drug-likeness (QED) is 0.188.